The average Bonchev–Trinajstić information content (AvgIpc) is 3.17. The maximum atomic E-state index is 5.85. The summed E-state index contributed by atoms with van der Waals surface area (Å²) in [5.74, 6) is 2.50. The van der Waals surface area contributed by atoms with Crippen LogP contribution in [0, 0.1) is 0 Å². The predicted molar refractivity (Wildman–Crippen MR) is 87.3 cm³/mol. The molecule has 1 aliphatic heterocycles. The third-order valence-electron chi connectivity index (χ3n) is 3.91. The third-order valence-corrected chi connectivity index (χ3v) is 3.91. The first-order valence-corrected chi connectivity index (χ1v) is 7.97. The van der Waals surface area contributed by atoms with Crippen LogP contribution in [0.25, 0.3) is 5.65 Å². The minimum atomic E-state index is 0.210. The van der Waals surface area contributed by atoms with Crippen LogP contribution >= 0.6 is 0 Å². The van der Waals surface area contributed by atoms with Crippen molar-refractivity contribution in [3.8, 4) is 11.5 Å². The van der Waals surface area contributed by atoms with E-state index in [1.54, 1.807) is 0 Å². The molecule has 2 aromatic heterocycles. The summed E-state index contributed by atoms with van der Waals surface area (Å²) in [6.07, 6.45) is 1.13. The van der Waals surface area contributed by atoms with Gasteiger partial charge < -0.3 is 14.8 Å². The van der Waals surface area contributed by atoms with E-state index in [1.165, 1.54) is 10.2 Å². The molecule has 0 bridgehead atoms. The fraction of sp³-hybridized carbons (Fsp3) is 0.375. The zero-order valence-electron chi connectivity index (χ0n) is 13.6. The molecule has 1 N–H and O–H groups in total. The van der Waals surface area contributed by atoms with E-state index in [0.29, 0.717) is 24.6 Å². The van der Waals surface area contributed by atoms with E-state index < -0.39 is 0 Å². The zero-order valence-corrected chi connectivity index (χ0v) is 13.6. The molecule has 0 saturated heterocycles. The van der Waals surface area contributed by atoms with E-state index in [-0.39, 0.29) is 6.10 Å². The maximum absolute atomic E-state index is 5.85. The molecule has 3 aromatic rings. The molecule has 4 rings (SSSR count). The molecule has 1 aromatic carbocycles. The van der Waals surface area contributed by atoms with Crippen LogP contribution in [0.5, 0.6) is 11.5 Å². The van der Waals surface area contributed by atoms with Crippen LogP contribution in [-0.2, 0) is 13.0 Å². The lowest BCUT2D eigenvalue weighted by Crippen LogP contribution is -2.07. The van der Waals surface area contributed by atoms with Crippen molar-refractivity contribution < 1.29 is 9.47 Å². The van der Waals surface area contributed by atoms with Crippen LogP contribution in [-0.4, -0.2) is 38.0 Å². The monoisotopic (exact) mass is 326 g/mol. The van der Waals surface area contributed by atoms with Crippen molar-refractivity contribution in [2.24, 2.45) is 0 Å². The summed E-state index contributed by atoms with van der Waals surface area (Å²) in [5, 5.41) is 18.8. The molecule has 3 heterocycles. The molecule has 0 fully saturated rings. The van der Waals surface area contributed by atoms with Gasteiger partial charge in [-0.1, -0.05) is 0 Å². The van der Waals surface area contributed by atoms with Gasteiger partial charge in [-0.2, -0.15) is 0 Å². The fourth-order valence-corrected chi connectivity index (χ4v) is 2.84. The number of benzene rings is 1. The van der Waals surface area contributed by atoms with Gasteiger partial charge in [-0.25, -0.2) is 0 Å². The first-order valence-electron chi connectivity index (χ1n) is 7.97. The number of hydrogen-bond acceptors (Lipinski definition) is 7. The molecule has 0 radical (unpaired) electrons. The highest BCUT2D eigenvalue weighted by Gasteiger charge is 2.21. The second-order valence-corrected chi connectivity index (χ2v) is 5.73. The number of nitrogens with one attached hydrogen (secondary N) is 1. The van der Waals surface area contributed by atoms with Gasteiger partial charge in [0.1, 0.15) is 23.4 Å². The van der Waals surface area contributed by atoms with E-state index >= 15 is 0 Å². The number of tetrazole rings is 1. The van der Waals surface area contributed by atoms with Crippen LogP contribution < -0.4 is 14.8 Å². The van der Waals surface area contributed by atoms with Crippen molar-refractivity contribution in [1.29, 1.82) is 0 Å². The number of hydrogen-bond donors (Lipinski definition) is 1. The molecule has 0 spiro atoms. The van der Waals surface area contributed by atoms with Crippen molar-refractivity contribution in [3.05, 3.63) is 35.4 Å². The first-order chi connectivity index (χ1) is 11.7. The topological polar surface area (TPSA) is 86.5 Å². The molecule has 8 heteroatoms. The van der Waals surface area contributed by atoms with Gasteiger partial charge in [0.25, 0.3) is 0 Å². The van der Waals surface area contributed by atoms with Crippen LogP contribution in [0.2, 0.25) is 0 Å². The van der Waals surface area contributed by atoms with E-state index in [9.17, 15) is 0 Å². The van der Waals surface area contributed by atoms with E-state index in [2.05, 4.69) is 38.9 Å². The van der Waals surface area contributed by atoms with Crippen molar-refractivity contribution in [1.82, 2.24) is 25.3 Å². The molecule has 0 amide bonds. The van der Waals surface area contributed by atoms with Crippen molar-refractivity contribution in [2.45, 2.75) is 32.9 Å². The Morgan fingerprint density at radius 1 is 1.38 bits per heavy atom. The molecular weight excluding hydrogens is 308 g/mol. The van der Waals surface area contributed by atoms with E-state index in [4.69, 9.17) is 9.47 Å². The van der Waals surface area contributed by atoms with Crippen LogP contribution in [0.3, 0.4) is 0 Å². The largest absolute Gasteiger partial charge is 0.494 e. The lowest BCUT2D eigenvalue weighted by molar-refractivity contribution is 0.254. The number of anilines is 1. The molecule has 0 unspecified atom stereocenters. The molecule has 0 saturated carbocycles. The number of rotatable bonds is 5. The Kier molecular flexibility index (Phi) is 3.64. The first kappa shape index (κ1) is 14.7. The minimum Gasteiger partial charge on any atom is -0.494 e. The van der Waals surface area contributed by atoms with Gasteiger partial charge >= 0.3 is 0 Å². The van der Waals surface area contributed by atoms with Gasteiger partial charge in [0.05, 0.1) is 6.61 Å². The molecule has 1 aliphatic rings. The summed E-state index contributed by atoms with van der Waals surface area (Å²) in [6.45, 7) is 5.25. The van der Waals surface area contributed by atoms with Gasteiger partial charge in [-0.05, 0) is 48.5 Å². The Hall–Kier alpha value is -2.90. The summed E-state index contributed by atoms with van der Waals surface area (Å²) < 4.78 is 13.0. The standard InChI is InChI=1S/C16H18N6O2/c1-3-23-13-7-11-6-10(2)24-14(11)8-12(13)9-17-15-4-5-16-18-20-21-22(16)19-15/h4-5,7-8,10H,3,6,9H2,1-2H3,(H,17,19)/t10-/m1/s1. The molecule has 1 atom stereocenters. The number of aromatic nitrogens is 5. The smallest absolute Gasteiger partial charge is 0.200 e. The normalized spacial score (nSPS) is 16.0. The summed E-state index contributed by atoms with van der Waals surface area (Å²) in [5.41, 5.74) is 2.83. The van der Waals surface area contributed by atoms with Crippen LogP contribution in [0.1, 0.15) is 25.0 Å². The second-order valence-electron chi connectivity index (χ2n) is 5.73. The molecule has 24 heavy (non-hydrogen) atoms. The molecular formula is C16H18N6O2. The number of nitrogens with zero attached hydrogens (tertiary/aromatic N) is 5. The lowest BCUT2D eigenvalue weighted by Gasteiger charge is -2.13. The summed E-state index contributed by atoms with van der Waals surface area (Å²) in [7, 11) is 0. The van der Waals surface area contributed by atoms with Gasteiger partial charge in [0.2, 0.25) is 0 Å². The Bertz CT molecular complexity index is 878. The van der Waals surface area contributed by atoms with E-state index in [0.717, 1.165) is 23.5 Å². The average molecular weight is 326 g/mol. The summed E-state index contributed by atoms with van der Waals surface area (Å²) in [6, 6.07) is 7.79. The van der Waals surface area contributed by atoms with Crippen LogP contribution in [0.15, 0.2) is 24.3 Å². The Morgan fingerprint density at radius 2 is 2.29 bits per heavy atom. The van der Waals surface area contributed by atoms with Crippen molar-refractivity contribution in [2.75, 3.05) is 11.9 Å². The Labute approximate surface area is 138 Å². The maximum Gasteiger partial charge on any atom is 0.200 e. The van der Waals surface area contributed by atoms with Crippen molar-refractivity contribution in [3.63, 3.8) is 0 Å². The Balaban J connectivity index is 1.57. The molecule has 124 valence electrons. The van der Waals surface area contributed by atoms with Gasteiger partial charge in [0.15, 0.2) is 5.65 Å². The number of fused-ring (bicyclic) bond motifs is 2. The quantitative estimate of drug-likeness (QED) is 0.765. The zero-order chi connectivity index (χ0) is 16.5. The third kappa shape index (κ3) is 2.70. The highest BCUT2D eigenvalue weighted by molar-refractivity contribution is 5.50. The minimum absolute atomic E-state index is 0.210. The second kappa shape index (κ2) is 5.95. The SMILES string of the molecule is CCOc1cc2c(cc1CNc1ccc3nnnn3n1)O[C@H](C)C2. The fourth-order valence-electron chi connectivity index (χ4n) is 2.84. The van der Waals surface area contributed by atoms with Gasteiger partial charge in [-0.15, -0.1) is 14.8 Å². The summed E-state index contributed by atoms with van der Waals surface area (Å²) in [4.78, 5) is 0. The van der Waals surface area contributed by atoms with Gasteiger partial charge in [-0.3, -0.25) is 0 Å². The highest BCUT2D eigenvalue weighted by atomic mass is 16.5. The summed E-state index contributed by atoms with van der Waals surface area (Å²) >= 11 is 0. The highest BCUT2D eigenvalue weighted by Crippen LogP contribution is 2.35. The van der Waals surface area contributed by atoms with Crippen molar-refractivity contribution >= 4 is 11.5 Å². The molecule has 8 nitrogen and oxygen atoms in total. The Morgan fingerprint density at radius 3 is 3.17 bits per heavy atom. The van der Waals surface area contributed by atoms with Crippen LogP contribution in [0.4, 0.5) is 5.82 Å². The van der Waals surface area contributed by atoms with E-state index in [1.807, 2.05) is 25.1 Å². The lowest BCUT2D eigenvalue weighted by atomic mass is 10.1. The molecule has 0 aliphatic carbocycles. The van der Waals surface area contributed by atoms with Gasteiger partial charge in [0, 0.05) is 24.1 Å². The number of ether oxygens (including phenoxy) is 2. The predicted octanol–water partition coefficient (Wildman–Crippen LogP) is 1.85.